The lowest BCUT2D eigenvalue weighted by Gasteiger charge is -2.42. The Morgan fingerprint density at radius 2 is 1.72 bits per heavy atom. The second-order valence-corrected chi connectivity index (χ2v) is 10.4. The standard InChI is InChI=1S/C25H41N3O4/c1-17(2)15-21-23(29)28(14-11-26-21)22(16-18(3)4)24(30)27-12-9-19(10-13-27)25(31)32-20-7-5-6-8-20/h5-6,17-22,26H,7-16H2,1-4H3/t21-,22-/m0/s1. The van der Waals surface area contributed by atoms with Crippen LogP contribution in [0.3, 0.4) is 0 Å². The summed E-state index contributed by atoms with van der Waals surface area (Å²) in [5.41, 5.74) is 0. The second kappa shape index (κ2) is 11.3. The van der Waals surface area contributed by atoms with Crippen LogP contribution in [0.1, 0.15) is 66.2 Å². The summed E-state index contributed by atoms with van der Waals surface area (Å²) in [6.07, 6.45) is 8.39. The monoisotopic (exact) mass is 447 g/mol. The summed E-state index contributed by atoms with van der Waals surface area (Å²) in [6, 6.07) is -0.635. The minimum Gasteiger partial charge on any atom is -0.461 e. The number of carbonyl (C=O) groups excluding carboxylic acids is 3. The lowest BCUT2D eigenvalue weighted by molar-refractivity contribution is -0.157. The van der Waals surface area contributed by atoms with Crippen molar-refractivity contribution in [1.29, 1.82) is 0 Å². The Morgan fingerprint density at radius 3 is 2.31 bits per heavy atom. The van der Waals surface area contributed by atoms with Crippen LogP contribution < -0.4 is 5.32 Å². The fraction of sp³-hybridized carbons (Fsp3) is 0.800. The normalized spacial score (nSPS) is 23.9. The van der Waals surface area contributed by atoms with Crippen molar-refractivity contribution in [2.75, 3.05) is 26.2 Å². The van der Waals surface area contributed by atoms with Gasteiger partial charge in [0.1, 0.15) is 12.1 Å². The molecule has 0 bridgehead atoms. The molecule has 0 aromatic rings. The highest BCUT2D eigenvalue weighted by atomic mass is 16.5. The van der Waals surface area contributed by atoms with Gasteiger partial charge in [0.2, 0.25) is 11.8 Å². The van der Waals surface area contributed by atoms with E-state index in [1.54, 1.807) is 0 Å². The number of piperazine rings is 1. The molecule has 0 aromatic carbocycles. The van der Waals surface area contributed by atoms with Crippen molar-refractivity contribution in [3.05, 3.63) is 12.2 Å². The number of piperidine rings is 1. The molecule has 0 radical (unpaired) electrons. The van der Waals surface area contributed by atoms with Crippen molar-refractivity contribution in [2.24, 2.45) is 17.8 Å². The van der Waals surface area contributed by atoms with Crippen LogP contribution in [0.25, 0.3) is 0 Å². The minimum absolute atomic E-state index is 0.0184. The van der Waals surface area contributed by atoms with Crippen LogP contribution in [0.5, 0.6) is 0 Å². The van der Waals surface area contributed by atoms with E-state index >= 15 is 0 Å². The zero-order chi connectivity index (χ0) is 23.3. The lowest BCUT2D eigenvalue weighted by Crippen LogP contribution is -2.62. The zero-order valence-electron chi connectivity index (χ0n) is 20.2. The molecule has 1 N–H and O–H groups in total. The van der Waals surface area contributed by atoms with E-state index in [9.17, 15) is 14.4 Å². The molecular weight excluding hydrogens is 406 g/mol. The molecule has 7 heteroatoms. The fourth-order valence-corrected chi connectivity index (χ4v) is 5.03. The molecule has 2 fully saturated rings. The Kier molecular flexibility index (Phi) is 8.74. The van der Waals surface area contributed by atoms with Gasteiger partial charge in [0.15, 0.2) is 0 Å². The third-order valence-corrected chi connectivity index (χ3v) is 6.78. The van der Waals surface area contributed by atoms with Crippen molar-refractivity contribution in [3.8, 4) is 0 Å². The van der Waals surface area contributed by atoms with E-state index in [-0.39, 0.29) is 35.8 Å². The molecule has 2 atom stereocenters. The number of hydrogen-bond acceptors (Lipinski definition) is 5. The minimum atomic E-state index is -0.424. The van der Waals surface area contributed by atoms with Gasteiger partial charge in [0, 0.05) is 39.0 Å². The number of hydrogen-bond donors (Lipinski definition) is 1. The van der Waals surface area contributed by atoms with Gasteiger partial charge < -0.3 is 19.9 Å². The number of ether oxygens (including phenoxy) is 1. The predicted octanol–water partition coefficient (Wildman–Crippen LogP) is 2.75. The maximum absolute atomic E-state index is 13.5. The molecular formula is C25H41N3O4. The number of carbonyl (C=O) groups is 3. The molecule has 2 heterocycles. The van der Waals surface area contributed by atoms with Crippen molar-refractivity contribution in [2.45, 2.75) is 84.4 Å². The fourth-order valence-electron chi connectivity index (χ4n) is 5.03. The van der Waals surface area contributed by atoms with Gasteiger partial charge in [-0.15, -0.1) is 0 Å². The molecule has 0 spiro atoms. The van der Waals surface area contributed by atoms with Gasteiger partial charge in [-0.05, 0) is 37.5 Å². The summed E-state index contributed by atoms with van der Waals surface area (Å²) in [7, 11) is 0. The second-order valence-electron chi connectivity index (χ2n) is 10.4. The van der Waals surface area contributed by atoms with Crippen LogP contribution in [0.2, 0.25) is 0 Å². The van der Waals surface area contributed by atoms with E-state index in [0.29, 0.717) is 50.7 Å². The average molecular weight is 448 g/mol. The molecule has 32 heavy (non-hydrogen) atoms. The topological polar surface area (TPSA) is 79.0 Å². The molecule has 0 aromatic heterocycles. The molecule has 0 saturated carbocycles. The third kappa shape index (κ3) is 6.33. The molecule has 7 nitrogen and oxygen atoms in total. The SMILES string of the molecule is CC(C)C[C@@H]1NCCN([C@@H](CC(C)C)C(=O)N2CCC(C(=O)OC3CC=CC3)CC2)C1=O. The van der Waals surface area contributed by atoms with E-state index in [0.717, 1.165) is 25.8 Å². The highest BCUT2D eigenvalue weighted by Gasteiger charge is 2.39. The summed E-state index contributed by atoms with van der Waals surface area (Å²) < 4.78 is 5.63. The van der Waals surface area contributed by atoms with Gasteiger partial charge >= 0.3 is 5.97 Å². The van der Waals surface area contributed by atoms with Gasteiger partial charge in [-0.1, -0.05) is 39.8 Å². The van der Waals surface area contributed by atoms with E-state index in [1.807, 2.05) is 9.80 Å². The largest absolute Gasteiger partial charge is 0.461 e. The first-order valence-electron chi connectivity index (χ1n) is 12.4. The van der Waals surface area contributed by atoms with E-state index in [4.69, 9.17) is 4.74 Å². The van der Waals surface area contributed by atoms with E-state index in [1.165, 1.54) is 0 Å². The number of nitrogens with one attached hydrogen (secondary N) is 1. The summed E-state index contributed by atoms with van der Waals surface area (Å²) in [4.78, 5) is 42.9. The van der Waals surface area contributed by atoms with Crippen molar-refractivity contribution >= 4 is 17.8 Å². The number of rotatable bonds is 8. The Bertz CT molecular complexity index is 689. The lowest BCUT2D eigenvalue weighted by atomic mass is 9.93. The van der Waals surface area contributed by atoms with Gasteiger partial charge in [-0.3, -0.25) is 14.4 Å². The Morgan fingerprint density at radius 1 is 1.06 bits per heavy atom. The molecule has 2 amide bonds. The smallest absolute Gasteiger partial charge is 0.309 e. The summed E-state index contributed by atoms with van der Waals surface area (Å²) in [5, 5.41) is 3.33. The highest BCUT2D eigenvalue weighted by molar-refractivity contribution is 5.90. The quantitative estimate of drug-likeness (QED) is 0.457. The van der Waals surface area contributed by atoms with Gasteiger partial charge in [0.25, 0.3) is 0 Å². The van der Waals surface area contributed by atoms with Crippen LogP contribution in [0.15, 0.2) is 12.2 Å². The van der Waals surface area contributed by atoms with Crippen molar-refractivity contribution < 1.29 is 19.1 Å². The predicted molar refractivity (Wildman–Crippen MR) is 124 cm³/mol. The molecule has 1 aliphatic carbocycles. The third-order valence-electron chi connectivity index (χ3n) is 6.78. The van der Waals surface area contributed by atoms with Crippen LogP contribution >= 0.6 is 0 Å². The number of nitrogens with zero attached hydrogens (tertiary/aromatic N) is 2. The Labute approximate surface area is 192 Å². The number of likely N-dealkylation sites (tertiary alicyclic amines) is 1. The van der Waals surface area contributed by atoms with Crippen molar-refractivity contribution in [1.82, 2.24) is 15.1 Å². The molecule has 0 unspecified atom stereocenters. The Balaban J connectivity index is 1.60. The van der Waals surface area contributed by atoms with Crippen molar-refractivity contribution in [3.63, 3.8) is 0 Å². The van der Waals surface area contributed by atoms with Crippen LogP contribution in [-0.2, 0) is 19.1 Å². The van der Waals surface area contributed by atoms with Gasteiger partial charge in [0.05, 0.1) is 12.0 Å². The van der Waals surface area contributed by atoms with Crippen LogP contribution in [0.4, 0.5) is 0 Å². The number of esters is 1. The summed E-state index contributed by atoms with van der Waals surface area (Å²) >= 11 is 0. The summed E-state index contributed by atoms with van der Waals surface area (Å²) in [6.45, 7) is 10.8. The highest BCUT2D eigenvalue weighted by Crippen LogP contribution is 2.25. The first kappa shape index (κ1) is 24.7. The molecule has 2 saturated heterocycles. The van der Waals surface area contributed by atoms with Gasteiger partial charge in [-0.25, -0.2) is 0 Å². The van der Waals surface area contributed by atoms with E-state index < -0.39 is 6.04 Å². The van der Waals surface area contributed by atoms with E-state index in [2.05, 4.69) is 45.2 Å². The first-order chi connectivity index (χ1) is 15.3. The first-order valence-corrected chi connectivity index (χ1v) is 12.4. The maximum atomic E-state index is 13.5. The van der Waals surface area contributed by atoms with Gasteiger partial charge in [-0.2, -0.15) is 0 Å². The zero-order valence-corrected chi connectivity index (χ0v) is 20.2. The van der Waals surface area contributed by atoms with Crippen LogP contribution in [-0.4, -0.2) is 72.0 Å². The maximum Gasteiger partial charge on any atom is 0.309 e. The number of amides is 2. The average Bonchev–Trinajstić information content (AvgIpc) is 3.26. The molecule has 3 rings (SSSR count). The molecule has 180 valence electrons. The Hall–Kier alpha value is -1.89. The molecule has 2 aliphatic heterocycles. The summed E-state index contributed by atoms with van der Waals surface area (Å²) in [5.74, 6) is 0.534. The van der Waals surface area contributed by atoms with Crippen LogP contribution in [0, 0.1) is 17.8 Å². The molecule has 3 aliphatic rings.